The summed E-state index contributed by atoms with van der Waals surface area (Å²) in [4.78, 5) is 8.27. The van der Waals surface area contributed by atoms with Crippen molar-refractivity contribution in [2.45, 2.75) is 19.6 Å². The van der Waals surface area contributed by atoms with Crippen LogP contribution in [0.25, 0.3) is 0 Å². The molecule has 1 N–H and O–H groups in total. The summed E-state index contributed by atoms with van der Waals surface area (Å²) >= 11 is 0. The Morgan fingerprint density at radius 3 is 2.19 bits per heavy atom. The molecule has 0 fully saturated rings. The van der Waals surface area contributed by atoms with Gasteiger partial charge in [-0.2, -0.15) is 9.97 Å². The summed E-state index contributed by atoms with van der Waals surface area (Å²) in [5, 5.41) is 0. The van der Waals surface area contributed by atoms with E-state index in [2.05, 4.69) is 14.7 Å². The third kappa shape index (κ3) is 4.79. The van der Waals surface area contributed by atoms with Gasteiger partial charge in [0.2, 0.25) is 10.0 Å². The highest BCUT2D eigenvalue weighted by molar-refractivity contribution is 7.91. The molecule has 0 atom stereocenters. The number of para-hydroxylation sites is 1. The van der Waals surface area contributed by atoms with E-state index in [0.29, 0.717) is 17.0 Å². The number of aromatic nitrogens is 2. The smallest absolute Gasteiger partial charge is 0.322 e. The van der Waals surface area contributed by atoms with Crippen molar-refractivity contribution >= 4 is 15.7 Å². The molecule has 0 saturated heterocycles. The van der Waals surface area contributed by atoms with Gasteiger partial charge in [-0.1, -0.05) is 42.5 Å². The summed E-state index contributed by atoms with van der Waals surface area (Å²) < 4.78 is 46.5. The van der Waals surface area contributed by atoms with E-state index < -0.39 is 15.8 Å². The molecular weight excluding hydrogens is 369 g/mol. The second-order valence-corrected chi connectivity index (χ2v) is 7.65. The Bertz CT molecular complexity index is 1030. The van der Waals surface area contributed by atoms with Crippen LogP contribution in [-0.4, -0.2) is 18.4 Å². The van der Waals surface area contributed by atoms with Crippen molar-refractivity contribution in [1.82, 2.24) is 9.97 Å². The van der Waals surface area contributed by atoms with Crippen LogP contribution in [0.5, 0.6) is 11.8 Å². The molecule has 0 bridgehead atoms. The van der Waals surface area contributed by atoms with Crippen LogP contribution in [0.1, 0.15) is 17.0 Å². The van der Waals surface area contributed by atoms with Gasteiger partial charge in [0.05, 0.1) is 22.8 Å². The van der Waals surface area contributed by atoms with Crippen LogP contribution in [-0.2, 0) is 15.8 Å². The zero-order valence-corrected chi connectivity index (χ0v) is 15.6. The van der Waals surface area contributed by atoms with Crippen LogP contribution < -0.4 is 9.46 Å². The molecule has 0 spiro atoms. The quantitative estimate of drug-likeness (QED) is 0.692. The number of halogens is 1. The summed E-state index contributed by atoms with van der Waals surface area (Å²) in [6, 6.07) is 14.7. The second kappa shape index (κ2) is 7.71. The van der Waals surface area contributed by atoms with E-state index in [4.69, 9.17) is 4.74 Å². The number of hydrogen-bond donors (Lipinski definition) is 1. The maximum Gasteiger partial charge on any atom is 0.322 e. The molecule has 0 radical (unpaired) electrons. The lowest BCUT2D eigenvalue weighted by atomic mass is 10.2. The van der Waals surface area contributed by atoms with Crippen molar-refractivity contribution in [2.75, 3.05) is 4.72 Å². The Morgan fingerprint density at radius 2 is 1.56 bits per heavy atom. The van der Waals surface area contributed by atoms with Gasteiger partial charge in [-0.3, -0.25) is 4.72 Å². The van der Waals surface area contributed by atoms with E-state index in [0.717, 1.165) is 0 Å². The molecule has 6 nitrogen and oxygen atoms in total. The van der Waals surface area contributed by atoms with Gasteiger partial charge in [0, 0.05) is 0 Å². The monoisotopic (exact) mass is 387 g/mol. The first-order chi connectivity index (χ1) is 12.8. The van der Waals surface area contributed by atoms with Crippen molar-refractivity contribution in [3.8, 4) is 11.8 Å². The number of benzene rings is 2. The summed E-state index contributed by atoms with van der Waals surface area (Å²) in [5.74, 6) is -0.710. The minimum atomic E-state index is -3.64. The SMILES string of the molecule is Cc1nc(Oc2ccccc2F)nc(C)c1NS(=O)(=O)Cc1ccccc1. The highest BCUT2D eigenvalue weighted by Crippen LogP contribution is 2.26. The highest BCUT2D eigenvalue weighted by Gasteiger charge is 2.18. The van der Waals surface area contributed by atoms with E-state index in [9.17, 15) is 12.8 Å². The normalized spacial score (nSPS) is 11.2. The molecule has 0 unspecified atom stereocenters. The first-order valence-electron chi connectivity index (χ1n) is 8.16. The molecule has 1 heterocycles. The molecule has 0 saturated carbocycles. The predicted octanol–water partition coefficient (Wildman–Crippen LogP) is 3.97. The average Bonchev–Trinajstić information content (AvgIpc) is 2.61. The van der Waals surface area contributed by atoms with E-state index in [-0.39, 0.29) is 23.2 Å². The summed E-state index contributed by atoms with van der Waals surface area (Å²) in [6.45, 7) is 3.26. The maximum absolute atomic E-state index is 13.7. The first-order valence-corrected chi connectivity index (χ1v) is 9.81. The summed E-state index contributed by atoms with van der Waals surface area (Å²) in [7, 11) is -3.64. The summed E-state index contributed by atoms with van der Waals surface area (Å²) in [6.07, 6.45) is 0. The lowest BCUT2D eigenvalue weighted by Gasteiger charge is -2.14. The molecule has 2 aromatic carbocycles. The van der Waals surface area contributed by atoms with Gasteiger partial charge in [-0.25, -0.2) is 12.8 Å². The van der Waals surface area contributed by atoms with Crippen molar-refractivity contribution in [3.05, 3.63) is 77.4 Å². The number of hydrogen-bond acceptors (Lipinski definition) is 5. The van der Waals surface area contributed by atoms with Gasteiger partial charge in [-0.15, -0.1) is 0 Å². The van der Waals surface area contributed by atoms with Crippen LogP contribution in [0.4, 0.5) is 10.1 Å². The molecule has 140 valence electrons. The minimum absolute atomic E-state index is 0.00583. The third-order valence-electron chi connectivity index (χ3n) is 3.75. The average molecular weight is 387 g/mol. The van der Waals surface area contributed by atoms with Gasteiger partial charge in [0.1, 0.15) is 0 Å². The fourth-order valence-electron chi connectivity index (χ4n) is 2.49. The largest absolute Gasteiger partial charge is 0.421 e. The number of ether oxygens (including phenoxy) is 1. The van der Waals surface area contributed by atoms with E-state index in [1.807, 2.05) is 6.07 Å². The minimum Gasteiger partial charge on any atom is -0.421 e. The molecule has 1 aromatic heterocycles. The topological polar surface area (TPSA) is 81.2 Å². The zero-order chi connectivity index (χ0) is 19.4. The first kappa shape index (κ1) is 18.8. The van der Waals surface area contributed by atoms with Gasteiger partial charge >= 0.3 is 6.01 Å². The van der Waals surface area contributed by atoms with Gasteiger partial charge in [0.25, 0.3) is 0 Å². The molecule has 0 amide bonds. The van der Waals surface area contributed by atoms with E-state index >= 15 is 0 Å². The molecule has 8 heteroatoms. The van der Waals surface area contributed by atoms with Crippen molar-refractivity contribution in [1.29, 1.82) is 0 Å². The Morgan fingerprint density at radius 1 is 0.963 bits per heavy atom. The third-order valence-corrected chi connectivity index (χ3v) is 4.97. The van der Waals surface area contributed by atoms with Crippen LogP contribution in [0.2, 0.25) is 0 Å². The van der Waals surface area contributed by atoms with Gasteiger partial charge in [0.15, 0.2) is 11.6 Å². The van der Waals surface area contributed by atoms with Crippen molar-refractivity contribution < 1.29 is 17.5 Å². The van der Waals surface area contributed by atoms with E-state index in [1.54, 1.807) is 50.2 Å². The van der Waals surface area contributed by atoms with Crippen LogP contribution >= 0.6 is 0 Å². The Hall–Kier alpha value is -3.00. The number of nitrogens with zero attached hydrogens (tertiary/aromatic N) is 2. The highest BCUT2D eigenvalue weighted by atomic mass is 32.2. The molecular formula is C19H18FN3O3S. The van der Waals surface area contributed by atoms with E-state index in [1.165, 1.54) is 12.1 Å². The number of aryl methyl sites for hydroxylation is 2. The van der Waals surface area contributed by atoms with Crippen molar-refractivity contribution in [2.24, 2.45) is 0 Å². The fourth-order valence-corrected chi connectivity index (χ4v) is 3.80. The predicted molar refractivity (Wildman–Crippen MR) is 101 cm³/mol. The number of nitrogens with one attached hydrogen (secondary N) is 1. The van der Waals surface area contributed by atoms with Gasteiger partial charge < -0.3 is 4.74 Å². The molecule has 3 aromatic rings. The lowest BCUT2D eigenvalue weighted by molar-refractivity contribution is 0.409. The van der Waals surface area contributed by atoms with Crippen LogP contribution in [0.3, 0.4) is 0 Å². The van der Waals surface area contributed by atoms with Crippen LogP contribution in [0.15, 0.2) is 54.6 Å². The lowest BCUT2D eigenvalue weighted by Crippen LogP contribution is -2.17. The molecule has 0 aliphatic heterocycles. The number of anilines is 1. The number of rotatable bonds is 6. The molecule has 27 heavy (non-hydrogen) atoms. The molecule has 0 aliphatic rings. The standard InChI is InChI=1S/C19H18FN3O3S/c1-13-18(23-27(24,25)12-15-8-4-3-5-9-15)14(2)22-19(21-13)26-17-11-7-6-10-16(17)20/h3-11,23H,12H2,1-2H3. The Balaban J connectivity index is 1.82. The Kier molecular flexibility index (Phi) is 5.36. The van der Waals surface area contributed by atoms with Crippen molar-refractivity contribution in [3.63, 3.8) is 0 Å². The Labute approximate surface area is 157 Å². The maximum atomic E-state index is 13.7. The summed E-state index contributed by atoms with van der Waals surface area (Å²) in [5.41, 5.74) is 1.71. The fraction of sp³-hybridized carbons (Fsp3) is 0.158. The second-order valence-electron chi connectivity index (χ2n) is 5.93. The zero-order valence-electron chi connectivity index (χ0n) is 14.8. The van der Waals surface area contributed by atoms with Gasteiger partial charge in [-0.05, 0) is 31.5 Å². The van der Waals surface area contributed by atoms with Crippen LogP contribution in [0, 0.1) is 19.7 Å². The molecule has 0 aliphatic carbocycles. The number of sulfonamides is 1. The molecule has 3 rings (SSSR count).